The number of rotatable bonds is 11. The van der Waals surface area contributed by atoms with Crippen LogP contribution in [-0.2, 0) is 25.2 Å². The number of carbonyl (C=O) groups excluding carboxylic acids is 2. The van der Waals surface area contributed by atoms with Gasteiger partial charge in [-0.2, -0.15) is 0 Å². The number of aliphatic hydroxyl groups excluding tert-OH is 1. The summed E-state index contributed by atoms with van der Waals surface area (Å²) in [7, 11) is 5.55. The third kappa shape index (κ3) is 6.40. The highest BCUT2D eigenvalue weighted by Gasteiger charge is 2.47. The van der Waals surface area contributed by atoms with Crippen LogP contribution in [0, 0.1) is 0 Å². The normalized spacial score (nSPS) is 20.5. The zero-order valence-corrected chi connectivity index (χ0v) is 36.1. The molecule has 2 heterocycles. The number of likely N-dealkylation sites (N-methyl/N-ethyl adjacent to an activating group) is 2. The Kier molecular flexibility index (Phi) is 10.4. The maximum atomic E-state index is 13.7. The van der Waals surface area contributed by atoms with E-state index in [2.05, 4.69) is 87.1 Å². The van der Waals surface area contributed by atoms with E-state index in [0.717, 1.165) is 71.4 Å². The van der Waals surface area contributed by atoms with E-state index in [1.54, 1.807) is 43.5 Å². The van der Waals surface area contributed by atoms with Crippen molar-refractivity contribution >= 4 is 46.5 Å². The van der Waals surface area contributed by atoms with Crippen LogP contribution < -0.4 is 19.6 Å². The lowest BCUT2D eigenvalue weighted by molar-refractivity contribution is -0.114. The molecule has 0 bridgehead atoms. The van der Waals surface area contributed by atoms with Gasteiger partial charge in [0, 0.05) is 109 Å². The van der Waals surface area contributed by atoms with Crippen LogP contribution in [0.15, 0.2) is 106 Å². The molecule has 0 unspecified atom stereocenters. The molecule has 7 rings (SSSR count). The number of anilines is 4. The molecule has 0 atom stereocenters. The number of ether oxygens (including phenoxy) is 1. The molecule has 10 heteroatoms. The molecule has 0 spiro atoms. The number of hydrogen-bond acceptors (Lipinski definition) is 10. The number of phenolic OH excluding ortho intramolecular Hbond substituents is 2. The number of nitrogens with zero attached hydrogens (tertiary/aromatic N) is 4. The Labute approximate surface area is 348 Å². The molecule has 59 heavy (non-hydrogen) atoms. The molecule has 0 aromatic heterocycles. The fraction of sp³-hybridized carbons (Fsp3) is 0.347. The van der Waals surface area contributed by atoms with Gasteiger partial charge in [-0.1, -0.05) is 27.7 Å². The van der Waals surface area contributed by atoms with Gasteiger partial charge in [0.1, 0.15) is 23.0 Å². The summed E-state index contributed by atoms with van der Waals surface area (Å²) in [6, 6.07) is 15.3. The Morgan fingerprint density at radius 1 is 0.610 bits per heavy atom. The van der Waals surface area contributed by atoms with Gasteiger partial charge >= 0.3 is 0 Å². The van der Waals surface area contributed by atoms with Crippen molar-refractivity contribution in [3.8, 4) is 11.5 Å². The summed E-state index contributed by atoms with van der Waals surface area (Å²) in [6.07, 6.45) is 6.95. The monoisotopic (exact) mass is 796 g/mol. The largest absolute Gasteiger partial charge is 0.507 e. The minimum absolute atomic E-state index is 0.0471. The van der Waals surface area contributed by atoms with Crippen LogP contribution in [0.2, 0.25) is 0 Å². The van der Waals surface area contributed by atoms with E-state index in [-0.39, 0.29) is 40.0 Å². The SMILES string of the molecule is CCN(CC)c1ccc(C=C2C(=O)C(/C=C3\N(C)c4cc5c(cc4C3(C)C)N(C)C(=CC3=C(OC)C(=Cc4ccc(N(CC)CC)cc4O)C3=O)C5(C)C)=C2O)c(O)c1. The number of aliphatic hydroxyl groups is 1. The summed E-state index contributed by atoms with van der Waals surface area (Å²) < 4.78 is 5.78. The number of aromatic hydroxyl groups is 2. The molecule has 10 nitrogen and oxygen atoms in total. The number of hydrogen-bond donors (Lipinski definition) is 3. The van der Waals surface area contributed by atoms with Crippen molar-refractivity contribution in [3.63, 3.8) is 0 Å². The van der Waals surface area contributed by atoms with Crippen LogP contribution in [0.1, 0.15) is 77.6 Å². The van der Waals surface area contributed by atoms with E-state index in [0.29, 0.717) is 28.0 Å². The summed E-state index contributed by atoms with van der Waals surface area (Å²) >= 11 is 0. The zero-order valence-electron chi connectivity index (χ0n) is 36.1. The molecule has 0 radical (unpaired) electrons. The molecule has 3 N–H and O–H groups in total. The Bertz CT molecular complexity index is 2490. The molecule has 0 fully saturated rings. The predicted molar refractivity (Wildman–Crippen MR) is 238 cm³/mol. The van der Waals surface area contributed by atoms with E-state index < -0.39 is 10.8 Å². The van der Waals surface area contributed by atoms with Crippen molar-refractivity contribution in [1.82, 2.24) is 0 Å². The third-order valence-corrected chi connectivity index (χ3v) is 12.8. The van der Waals surface area contributed by atoms with Crippen LogP contribution in [0.25, 0.3) is 12.2 Å². The number of carbonyl (C=O) groups is 2. The highest BCUT2D eigenvalue weighted by molar-refractivity contribution is 6.24. The fourth-order valence-corrected chi connectivity index (χ4v) is 9.15. The zero-order chi connectivity index (χ0) is 42.9. The highest BCUT2D eigenvalue weighted by atomic mass is 16.5. The average molecular weight is 797 g/mol. The molecule has 2 aliphatic carbocycles. The number of ketones is 2. The van der Waals surface area contributed by atoms with Gasteiger partial charge in [0.25, 0.3) is 0 Å². The maximum absolute atomic E-state index is 13.7. The van der Waals surface area contributed by atoms with Crippen molar-refractivity contribution in [2.24, 2.45) is 0 Å². The number of allylic oxidation sites excluding steroid dienone is 8. The molecule has 0 saturated carbocycles. The first kappa shape index (κ1) is 41.0. The van der Waals surface area contributed by atoms with E-state index in [4.69, 9.17) is 4.74 Å². The number of Topliss-reactive ketones (excluding diaryl/α,β-unsaturated/α-hetero) is 2. The topological polar surface area (TPSA) is 117 Å². The van der Waals surface area contributed by atoms with Gasteiger partial charge in [-0.3, -0.25) is 9.59 Å². The van der Waals surface area contributed by atoms with E-state index in [1.165, 1.54) is 0 Å². The van der Waals surface area contributed by atoms with Gasteiger partial charge < -0.3 is 39.7 Å². The van der Waals surface area contributed by atoms with Gasteiger partial charge in [-0.05, 0) is 99.5 Å². The second-order valence-electron chi connectivity index (χ2n) is 16.6. The number of methoxy groups -OCH3 is 1. The smallest absolute Gasteiger partial charge is 0.200 e. The van der Waals surface area contributed by atoms with Crippen LogP contribution in [0.5, 0.6) is 11.5 Å². The quantitative estimate of drug-likeness (QED) is 0.162. The first-order valence-electron chi connectivity index (χ1n) is 20.5. The first-order valence-corrected chi connectivity index (χ1v) is 20.5. The summed E-state index contributed by atoms with van der Waals surface area (Å²) in [6.45, 7) is 20.0. The first-order chi connectivity index (χ1) is 27.9. The lowest BCUT2D eigenvalue weighted by atomic mass is 9.78. The van der Waals surface area contributed by atoms with Crippen molar-refractivity contribution in [2.45, 2.75) is 66.2 Å². The lowest BCUT2D eigenvalue weighted by Crippen LogP contribution is -2.28. The standard InChI is InChI=1S/C49H56N4O6/c1-12-52(13-2)30-18-16-28(40(54)22-30)20-32-44(56)33(45(32)57)24-42-48(5,6)36-26-39-37(27-38(36)50(42)9)49(7,8)43(51(39)10)25-35-46(58)34(47(35)59-11)21-29-17-19-31(23-41(29)55)53(14-3)15-4/h16-27,54-56H,12-15H2,1-11H3/b32-20?,34-21?,42-24-,43-25?. The summed E-state index contributed by atoms with van der Waals surface area (Å²) in [4.78, 5) is 35.7. The van der Waals surface area contributed by atoms with Crippen molar-refractivity contribution in [1.29, 1.82) is 0 Å². The molecular weight excluding hydrogens is 741 g/mol. The lowest BCUT2D eigenvalue weighted by Gasteiger charge is -2.28. The number of phenols is 2. The minimum Gasteiger partial charge on any atom is -0.507 e. The summed E-state index contributed by atoms with van der Waals surface area (Å²) in [5.41, 5.74) is 9.11. The Hall–Kier alpha value is -6.16. The van der Waals surface area contributed by atoms with Gasteiger partial charge in [-0.25, -0.2) is 0 Å². The molecule has 3 aromatic carbocycles. The van der Waals surface area contributed by atoms with Crippen molar-refractivity contribution in [3.05, 3.63) is 128 Å². The summed E-state index contributed by atoms with van der Waals surface area (Å²) in [5.74, 6) is 0.118. The van der Waals surface area contributed by atoms with E-state index in [1.807, 2.05) is 38.4 Å². The molecule has 0 saturated heterocycles. The van der Waals surface area contributed by atoms with Gasteiger partial charge in [0.15, 0.2) is 0 Å². The van der Waals surface area contributed by atoms with Crippen molar-refractivity contribution in [2.75, 3.05) is 67.0 Å². The summed E-state index contributed by atoms with van der Waals surface area (Å²) in [5, 5.41) is 32.8. The van der Waals surface area contributed by atoms with Gasteiger partial charge in [-0.15, -0.1) is 0 Å². The van der Waals surface area contributed by atoms with Crippen LogP contribution in [-0.4, -0.2) is 74.3 Å². The fourth-order valence-electron chi connectivity index (χ4n) is 9.15. The Morgan fingerprint density at radius 3 is 1.41 bits per heavy atom. The van der Waals surface area contributed by atoms with E-state index >= 15 is 0 Å². The average Bonchev–Trinajstić information content (AvgIpc) is 3.51. The second kappa shape index (κ2) is 14.9. The molecule has 4 aliphatic rings. The van der Waals surface area contributed by atoms with Gasteiger partial charge in [0.05, 0.1) is 29.4 Å². The Morgan fingerprint density at radius 2 is 1.02 bits per heavy atom. The van der Waals surface area contributed by atoms with Crippen LogP contribution in [0.4, 0.5) is 22.7 Å². The maximum Gasteiger partial charge on any atom is 0.200 e. The highest BCUT2D eigenvalue weighted by Crippen LogP contribution is 2.56. The predicted octanol–water partition coefficient (Wildman–Crippen LogP) is 9.06. The van der Waals surface area contributed by atoms with Crippen LogP contribution >= 0.6 is 0 Å². The van der Waals surface area contributed by atoms with Gasteiger partial charge in [0.2, 0.25) is 11.6 Å². The molecule has 0 amide bonds. The molecule has 2 aliphatic heterocycles. The van der Waals surface area contributed by atoms with E-state index in [9.17, 15) is 24.9 Å². The molecular formula is C49H56N4O6. The number of fused-ring (bicyclic) bond motifs is 2. The van der Waals surface area contributed by atoms with Crippen molar-refractivity contribution < 1.29 is 29.6 Å². The number of benzene rings is 3. The van der Waals surface area contributed by atoms with Crippen LogP contribution in [0.3, 0.4) is 0 Å². The Balaban J connectivity index is 1.18. The molecule has 3 aromatic rings. The third-order valence-electron chi connectivity index (χ3n) is 12.8. The second-order valence-corrected chi connectivity index (χ2v) is 16.6. The molecule has 308 valence electrons. The minimum atomic E-state index is -0.521.